The van der Waals surface area contributed by atoms with Crippen molar-refractivity contribution in [3.8, 4) is 5.75 Å². The first-order valence-corrected chi connectivity index (χ1v) is 11.4. The number of fused-ring (bicyclic) bond motifs is 2. The second kappa shape index (κ2) is 8.62. The monoisotopic (exact) mass is 422 g/mol. The Labute approximate surface area is 180 Å². The predicted molar refractivity (Wildman–Crippen MR) is 122 cm³/mol. The van der Waals surface area contributed by atoms with Crippen LogP contribution < -0.4 is 15.0 Å². The third-order valence-electron chi connectivity index (χ3n) is 5.79. The van der Waals surface area contributed by atoms with Crippen molar-refractivity contribution in [3.05, 3.63) is 48.0 Å². The molecule has 1 fully saturated rings. The number of hydrogen-bond donors (Lipinski definition) is 1. The van der Waals surface area contributed by atoms with E-state index in [-0.39, 0.29) is 5.91 Å². The number of benzene rings is 2. The van der Waals surface area contributed by atoms with E-state index in [9.17, 15) is 4.79 Å². The summed E-state index contributed by atoms with van der Waals surface area (Å²) in [6.45, 7) is 5.87. The standard InChI is InChI=1S/C23H26N4O2S/c28-22-9-7-17-6-8-18(16-20(17)24-22)29-15-3-10-26-11-13-27(14-12-26)23-25-19-4-1-2-5-21(19)30-23/h1-2,4-6,8,16H,3,7,9-15H2,(H,24,28). The first-order valence-electron chi connectivity index (χ1n) is 10.6. The fourth-order valence-electron chi connectivity index (χ4n) is 4.08. The molecule has 1 N–H and O–H groups in total. The first kappa shape index (κ1) is 19.3. The van der Waals surface area contributed by atoms with Crippen LogP contribution in [0.15, 0.2) is 42.5 Å². The van der Waals surface area contributed by atoms with E-state index in [0.29, 0.717) is 13.0 Å². The maximum Gasteiger partial charge on any atom is 0.224 e. The van der Waals surface area contributed by atoms with Crippen LogP contribution in [0.3, 0.4) is 0 Å². The molecule has 7 heteroatoms. The quantitative estimate of drug-likeness (QED) is 0.613. The lowest BCUT2D eigenvalue weighted by atomic mass is 10.0. The highest BCUT2D eigenvalue weighted by Gasteiger charge is 2.19. The van der Waals surface area contributed by atoms with Crippen molar-refractivity contribution in [1.82, 2.24) is 9.88 Å². The zero-order chi connectivity index (χ0) is 20.3. The summed E-state index contributed by atoms with van der Waals surface area (Å²) in [4.78, 5) is 21.3. The van der Waals surface area contributed by atoms with Crippen molar-refractivity contribution in [3.63, 3.8) is 0 Å². The summed E-state index contributed by atoms with van der Waals surface area (Å²) in [7, 11) is 0. The lowest BCUT2D eigenvalue weighted by Gasteiger charge is -2.34. The predicted octanol–water partition coefficient (Wildman–Crippen LogP) is 3.77. The molecule has 3 heterocycles. The number of nitrogens with zero attached hydrogens (tertiary/aromatic N) is 3. The van der Waals surface area contributed by atoms with Gasteiger partial charge in [-0.2, -0.15) is 0 Å². The van der Waals surface area contributed by atoms with Crippen LogP contribution in [-0.2, 0) is 11.2 Å². The van der Waals surface area contributed by atoms with Gasteiger partial charge < -0.3 is 15.0 Å². The van der Waals surface area contributed by atoms with Gasteiger partial charge in [-0.1, -0.05) is 29.5 Å². The summed E-state index contributed by atoms with van der Waals surface area (Å²) >= 11 is 1.78. The van der Waals surface area contributed by atoms with Gasteiger partial charge in [0.25, 0.3) is 0 Å². The second-order valence-electron chi connectivity index (χ2n) is 7.86. The van der Waals surface area contributed by atoms with Gasteiger partial charge in [0.15, 0.2) is 5.13 Å². The average molecular weight is 423 g/mol. The number of aryl methyl sites for hydroxylation is 1. The zero-order valence-corrected chi connectivity index (χ0v) is 17.8. The fourth-order valence-corrected chi connectivity index (χ4v) is 5.09. The molecule has 0 radical (unpaired) electrons. The van der Waals surface area contributed by atoms with E-state index in [1.165, 1.54) is 10.3 Å². The minimum atomic E-state index is 0.0876. The Hall–Kier alpha value is -2.64. The molecule has 3 aromatic rings. The number of amides is 1. The first-order chi connectivity index (χ1) is 14.7. The molecule has 1 saturated heterocycles. The van der Waals surface area contributed by atoms with Crippen molar-refractivity contribution in [2.24, 2.45) is 0 Å². The molecule has 0 saturated carbocycles. The molecular weight excluding hydrogens is 396 g/mol. The van der Waals surface area contributed by atoms with Crippen molar-refractivity contribution >= 4 is 38.3 Å². The number of carbonyl (C=O) groups excluding carboxylic acids is 1. The minimum Gasteiger partial charge on any atom is -0.493 e. The Morgan fingerprint density at radius 2 is 1.93 bits per heavy atom. The van der Waals surface area contributed by atoms with E-state index >= 15 is 0 Å². The number of piperazine rings is 1. The van der Waals surface area contributed by atoms with Crippen molar-refractivity contribution in [2.45, 2.75) is 19.3 Å². The van der Waals surface area contributed by atoms with Gasteiger partial charge in [-0.25, -0.2) is 4.98 Å². The number of para-hydroxylation sites is 1. The highest BCUT2D eigenvalue weighted by molar-refractivity contribution is 7.22. The van der Waals surface area contributed by atoms with Gasteiger partial charge in [-0.05, 0) is 36.6 Å². The van der Waals surface area contributed by atoms with Gasteiger partial charge in [0.2, 0.25) is 5.91 Å². The van der Waals surface area contributed by atoms with Crippen molar-refractivity contribution in [2.75, 3.05) is 49.5 Å². The summed E-state index contributed by atoms with van der Waals surface area (Å²) in [6, 6.07) is 14.4. The molecule has 0 spiro atoms. The van der Waals surface area contributed by atoms with Gasteiger partial charge in [-0.15, -0.1) is 0 Å². The molecule has 5 rings (SSSR count). The van der Waals surface area contributed by atoms with E-state index in [4.69, 9.17) is 9.72 Å². The fraction of sp³-hybridized carbons (Fsp3) is 0.391. The maximum absolute atomic E-state index is 11.6. The van der Waals surface area contributed by atoms with Crippen LogP contribution in [0.2, 0.25) is 0 Å². The molecule has 30 heavy (non-hydrogen) atoms. The largest absolute Gasteiger partial charge is 0.493 e. The third kappa shape index (κ3) is 4.27. The van der Waals surface area contributed by atoms with Gasteiger partial charge >= 0.3 is 0 Å². The molecule has 0 unspecified atom stereocenters. The Kier molecular flexibility index (Phi) is 5.55. The van der Waals surface area contributed by atoms with Crippen LogP contribution in [0.4, 0.5) is 10.8 Å². The Morgan fingerprint density at radius 3 is 2.80 bits per heavy atom. The van der Waals surface area contributed by atoms with E-state index in [1.54, 1.807) is 11.3 Å². The van der Waals surface area contributed by atoms with Crippen LogP contribution >= 0.6 is 11.3 Å². The molecule has 2 aromatic carbocycles. The summed E-state index contributed by atoms with van der Waals surface area (Å²) in [6.07, 6.45) is 2.37. The normalized spacial score (nSPS) is 17.1. The van der Waals surface area contributed by atoms with E-state index in [2.05, 4.69) is 39.4 Å². The Morgan fingerprint density at radius 1 is 1.07 bits per heavy atom. The lowest BCUT2D eigenvalue weighted by molar-refractivity contribution is -0.116. The van der Waals surface area contributed by atoms with Crippen LogP contribution in [0.25, 0.3) is 10.2 Å². The molecule has 156 valence electrons. The van der Waals surface area contributed by atoms with E-state index in [0.717, 1.165) is 67.7 Å². The van der Waals surface area contributed by atoms with Crippen LogP contribution in [0, 0.1) is 0 Å². The van der Waals surface area contributed by atoms with Crippen molar-refractivity contribution in [1.29, 1.82) is 0 Å². The van der Waals surface area contributed by atoms with E-state index < -0.39 is 0 Å². The summed E-state index contributed by atoms with van der Waals surface area (Å²) in [5.41, 5.74) is 3.18. The smallest absolute Gasteiger partial charge is 0.224 e. The number of hydrogen-bond acceptors (Lipinski definition) is 6. The molecule has 0 aliphatic carbocycles. The highest BCUT2D eigenvalue weighted by atomic mass is 32.1. The third-order valence-corrected chi connectivity index (χ3v) is 6.89. The van der Waals surface area contributed by atoms with Gasteiger partial charge in [0.1, 0.15) is 5.75 Å². The Bertz CT molecular complexity index is 1010. The lowest BCUT2D eigenvalue weighted by Crippen LogP contribution is -2.46. The average Bonchev–Trinajstić information content (AvgIpc) is 3.21. The number of anilines is 2. The highest BCUT2D eigenvalue weighted by Crippen LogP contribution is 2.29. The molecule has 1 amide bonds. The SMILES string of the molecule is O=C1CCc2ccc(OCCCN3CCN(c4nc5ccccc5s4)CC3)cc2N1. The number of ether oxygens (including phenoxy) is 1. The molecule has 0 bridgehead atoms. The van der Waals surface area contributed by atoms with Gasteiger partial charge in [0.05, 0.1) is 16.8 Å². The topological polar surface area (TPSA) is 57.7 Å². The van der Waals surface area contributed by atoms with Crippen LogP contribution in [0.1, 0.15) is 18.4 Å². The number of carbonyl (C=O) groups is 1. The molecule has 1 aromatic heterocycles. The summed E-state index contributed by atoms with van der Waals surface area (Å²) in [5, 5.41) is 4.07. The van der Waals surface area contributed by atoms with Crippen molar-refractivity contribution < 1.29 is 9.53 Å². The molecule has 2 aliphatic heterocycles. The number of nitrogens with one attached hydrogen (secondary N) is 1. The van der Waals surface area contributed by atoms with Gasteiger partial charge in [0, 0.05) is 50.9 Å². The molecule has 0 atom stereocenters. The minimum absolute atomic E-state index is 0.0876. The maximum atomic E-state index is 11.6. The number of aromatic nitrogens is 1. The molecule has 2 aliphatic rings. The van der Waals surface area contributed by atoms with Gasteiger partial charge in [-0.3, -0.25) is 9.69 Å². The number of rotatable bonds is 6. The zero-order valence-electron chi connectivity index (χ0n) is 17.0. The Balaban J connectivity index is 1.06. The summed E-state index contributed by atoms with van der Waals surface area (Å²) in [5.74, 6) is 0.918. The number of thiazole rings is 1. The molecule has 6 nitrogen and oxygen atoms in total. The van der Waals surface area contributed by atoms with E-state index in [1.807, 2.05) is 18.2 Å². The molecular formula is C23H26N4O2S. The second-order valence-corrected chi connectivity index (χ2v) is 8.87. The van der Waals surface area contributed by atoms with Crippen LogP contribution in [-0.4, -0.2) is 55.1 Å². The summed E-state index contributed by atoms with van der Waals surface area (Å²) < 4.78 is 7.18. The van der Waals surface area contributed by atoms with Crippen LogP contribution in [0.5, 0.6) is 5.75 Å².